The molecule has 30 heavy (non-hydrogen) atoms. The molecule has 0 amide bonds. The minimum absolute atomic E-state index is 0.292. The predicted octanol–water partition coefficient (Wildman–Crippen LogP) is 6.97. The summed E-state index contributed by atoms with van der Waals surface area (Å²) in [4.78, 5) is 0. The summed E-state index contributed by atoms with van der Waals surface area (Å²) in [5.41, 5.74) is 5.33. The van der Waals surface area contributed by atoms with Gasteiger partial charge >= 0.3 is 0 Å². The molecule has 0 radical (unpaired) electrons. The SMILES string of the molecule is Oc1ccc2c(c1)CC[C@H](c1ccccc1)[C@@H]2c1ccc(OC2CCCCC2)cc1. The molecule has 0 heterocycles. The fraction of sp³-hybridized carbons (Fsp3) is 0.357. The van der Waals surface area contributed by atoms with Crippen LogP contribution >= 0.6 is 0 Å². The van der Waals surface area contributed by atoms with Crippen LogP contribution in [0.3, 0.4) is 0 Å². The third kappa shape index (κ3) is 3.96. The first-order valence-corrected chi connectivity index (χ1v) is 11.4. The van der Waals surface area contributed by atoms with Gasteiger partial charge in [-0.3, -0.25) is 0 Å². The molecule has 0 unspecified atom stereocenters. The predicted molar refractivity (Wildman–Crippen MR) is 121 cm³/mol. The minimum atomic E-state index is 0.292. The van der Waals surface area contributed by atoms with Crippen LogP contribution in [0.4, 0.5) is 0 Å². The van der Waals surface area contributed by atoms with Gasteiger partial charge in [0.25, 0.3) is 0 Å². The number of fused-ring (bicyclic) bond motifs is 1. The summed E-state index contributed by atoms with van der Waals surface area (Å²) in [5, 5.41) is 10.0. The first-order chi connectivity index (χ1) is 14.8. The van der Waals surface area contributed by atoms with Gasteiger partial charge in [-0.1, -0.05) is 55.0 Å². The number of phenols is 1. The molecule has 5 rings (SSSR count). The lowest BCUT2D eigenvalue weighted by atomic mass is 9.69. The van der Waals surface area contributed by atoms with E-state index in [1.165, 1.54) is 54.4 Å². The Balaban J connectivity index is 1.47. The highest BCUT2D eigenvalue weighted by Crippen LogP contribution is 2.47. The summed E-state index contributed by atoms with van der Waals surface area (Å²) in [7, 11) is 0. The van der Waals surface area contributed by atoms with Crippen LogP contribution in [0.15, 0.2) is 72.8 Å². The Morgan fingerprint density at radius 1 is 0.733 bits per heavy atom. The monoisotopic (exact) mass is 398 g/mol. The second kappa shape index (κ2) is 8.55. The largest absolute Gasteiger partial charge is 0.508 e. The fourth-order valence-corrected chi connectivity index (χ4v) is 5.41. The highest BCUT2D eigenvalue weighted by Gasteiger charge is 2.32. The van der Waals surface area contributed by atoms with Gasteiger partial charge in [0.05, 0.1) is 6.10 Å². The van der Waals surface area contributed by atoms with Gasteiger partial charge in [-0.05, 0) is 91.0 Å². The maximum absolute atomic E-state index is 10.0. The second-order valence-electron chi connectivity index (χ2n) is 8.86. The Hall–Kier alpha value is -2.74. The molecule has 0 aliphatic heterocycles. The first-order valence-electron chi connectivity index (χ1n) is 11.4. The second-order valence-corrected chi connectivity index (χ2v) is 8.86. The Labute approximate surface area is 179 Å². The van der Waals surface area contributed by atoms with E-state index in [4.69, 9.17) is 4.74 Å². The Morgan fingerprint density at radius 3 is 2.27 bits per heavy atom. The zero-order valence-corrected chi connectivity index (χ0v) is 17.5. The van der Waals surface area contributed by atoms with Gasteiger partial charge in [-0.25, -0.2) is 0 Å². The lowest BCUT2D eigenvalue weighted by molar-refractivity contribution is 0.155. The third-order valence-electron chi connectivity index (χ3n) is 6.91. The standard InChI is InChI=1S/C28H30O2/c29-23-14-18-27-22(19-23)13-17-26(20-7-3-1-4-8-20)28(27)21-11-15-25(16-12-21)30-24-9-5-2-6-10-24/h1,3-4,7-8,11-12,14-16,18-19,24,26,28-29H,2,5-6,9-10,13,17H2/t26-,28+/m1/s1. The van der Waals surface area contributed by atoms with E-state index in [9.17, 15) is 5.11 Å². The molecule has 1 fully saturated rings. The van der Waals surface area contributed by atoms with Gasteiger partial charge in [0.15, 0.2) is 0 Å². The average Bonchev–Trinajstić information content (AvgIpc) is 2.80. The summed E-state index contributed by atoms with van der Waals surface area (Å²) >= 11 is 0. The van der Waals surface area contributed by atoms with Crippen LogP contribution in [0.2, 0.25) is 0 Å². The molecule has 2 aliphatic rings. The van der Waals surface area contributed by atoms with E-state index < -0.39 is 0 Å². The van der Waals surface area contributed by atoms with Crippen molar-refractivity contribution in [2.75, 3.05) is 0 Å². The van der Waals surface area contributed by atoms with Crippen molar-refractivity contribution in [1.82, 2.24) is 0 Å². The topological polar surface area (TPSA) is 29.5 Å². The number of hydrogen-bond donors (Lipinski definition) is 1. The van der Waals surface area contributed by atoms with Crippen molar-refractivity contribution >= 4 is 0 Å². The van der Waals surface area contributed by atoms with E-state index in [1.54, 1.807) is 0 Å². The van der Waals surface area contributed by atoms with Gasteiger partial charge in [-0.15, -0.1) is 0 Å². The summed E-state index contributed by atoms with van der Waals surface area (Å²) in [6, 6.07) is 25.6. The van der Waals surface area contributed by atoms with Crippen LogP contribution in [0.1, 0.15) is 72.6 Å². The molecule has 154 valence electrons. The molecule has 0 bridgehead atoms. The quantitative estimate of drug-likeness (QED) is 0.514. The third-order valence-corrected chi connectivity index (χ3v) is 6.91. The van der Waals surface area contributed by atoms with E-state index in [0.29, 0.717) is 23.7 Å². The van der Waals surface area contributed by atoms with Crippen molar-refractivity contribution in [2.24, 2.45) is 0 Å². The molecule has 1 saturated carbocycles. The molecular weight excluding hydrogens is 368 g/mol. The van der Waals surface area contributed by atoms with E-state index in [-0.39, 0.29) is 0 Å². The summed E-state index contributed by atoms with van der Waals surface area (Å²) in [6.07, 6.45) is 8.74. The molecular formula is C28H30O2. The van der Waals surface area contributed by atoms with Crippen LogP contribution in [0.5, 0.6) is 11.5 Å². The number of hydrogen-bond acceptors (Lipinski definition) is 2. The summed E-state index contributed by atoms with van der Waals surface area (Å²) in [5.74, 6) is 2.08. The number of aryl methyl sites for hydroxylation is 1. The van der Waals surface area contributed by atoms with Crippen molar-refractivity contribution < 1.29 is 9.84 Å². The van der Waals surface area contributed by atoms with Gasteiger partial charge in [0.1, 0.15) is 11.5 Å². The molecule has 2 heteroatoms. The molecule has 2 nitrogen and oxygen atoms in total. The van der Waals surface area contributed by atoms with E-state index >= 15 is 0 Å². The van der Waals surface area contributed by atoms with Crippen molar-refractivity contribution in [2.45, 2.75) is 62.9 Å². The Kier molecular flexibility index (Phi) is 5.48. The zero-order valence-electron chi connectivity index (χ0n) is 17.5. The number of ether oxygens (including phenoxy) is 1. The van der Waals surface area contributed by atoms with Gasteiger partial charge in [0.2, 0.25) is 0 Å². The van der Waals surface area contributed by atoms with Gasteiger partial charge < -0.3 is 9.84 Å². The Morgan fingerprint density at radius 2 is 1.50 bits per heavy atom. The molecule has 0 saturated heterocycles. The van der Waals surface area contributed by atoms with Crippen molar-refractivity contribution in [1.29, 1.82) is 0 Å². The minimum Gasteiger partial charge on any atom is -0.508 e. The van der Waals surface area contributed by atoms with Crippen LogP contribution < -0.4 is 4.74 Å². The number of phenolic OH excluding ortho intramolecular Hbond substituents is 1. The van der Waals surface area contributed by atoms with Crippen LogP contribution in [0.25, 0.3) is 0 Å². The first kappa shape index (κ1) is 19.2. The average molecular weight is 399 g/mol. The van der Waals surface area contributed by atoms with Crippen LogP contribution in [-0.2, 0) is 6.42 Å². The maximum Gasteiger partial charge on any atom is 0.119 e. The van der Waals surface area contributed by atoms with Crippen LogP contribution in [-0.4, -0.2) is 11.2 Å². The van der Waals surface area contributed by atoms with Crippen molar-refractivity contribution in [3.8, 4) is 11.5 Å². The molecule has 3 aromatic carbocycles. The van der Waals surface area contributed by atoms with E-state index in [2.05, 4.69) is 60.7 Å². The lowest BCUT2D eigenvalue weighted by Crippen LogP contribution is -2.21. The number of rotatable bonds is 4. The molecule has 0 spiro atoms. The number of aromatic hydroxyl groups is 1. The molecule has 2 aliphatic carbocycles. The smallest absolute Gasteiger partial charge is 0.119 e. The van der Waals surface area contributed by atoms with Crippen LogP contribution in [0, 0.1) is 0 Å². The number of benzene rings is 3. The Bertz CT molecular complexity index is 971. The highest BCUT2D eigenvalue weighted by molar-refractivity contribution is 5.48. The lowest BCUT2D eigenvalue weighted by Gasteiger charge is -2.35. The zero-order chi connectivity index (χ0) is 20.3. The highest BCUT2D eigenvalue weighted by atomic mass is 16.5. The molecule has 1 N–H and O–H groups in total. The molecule has 0 aromatic heterocycles. The summed E-state index contributed by atoms with van der Waals surface area (Å²) in [6.45, 7) is 0. The van der Waals surface area contributed by atoms with Gasteiger partial charge in [-0.2, -0.15) is 0 Å². The molecule has 2 atom stereocenters. The normalized spacial score (nSPS) is 21.7. The van der Waals surface area contributed by atoms with Crippen molar-refractivity contribution in [3.63, 3.8) is 0 Å². The maximum atomic E-state index is 10.0. The van der Waals surface area contributed by atoms with Gasteiger partial charge in [0, 0.05) is 5.92 Å². The summed E-state index contributed by atoms with van der Waals surface area (Å²) < 4.78 is 6.26. The van der Waals surface area contributed by atoms with Crippen molar-refractivity contribution in [3.05, 3.63) is 95.1 Å². The van der Waals surface area contributed by atoms with E-state index in [1.807, 2.05) is 12.1 Å². The fourth-order valence-electron chi connectivity index (χ4n) is 5.41. The van der Waals surface area contributed by atoms with E-state index in [0.717, 1.165) is 18.6 Å². The molecule has 3 aromatic rings.